The number of nitrogens with zero attached hydrogens (tertiary/aromatic N) is 4. The number of rotatable bonds is 5. The normalized spacial score (nSPS) is 15.0. The van der Waals surface area contributed by atoms with Gasteiger partial charge >= 0.3 is 0 Å². The number of thioether (sulfide) groups is 1. The molecule has 22 heavy (non-hydrogen) atoms. The number of carbonyl (C=O) groups is 1. The van der Waals surface area contributed by atoms with Crippen LogP contribution in [-0.2, 0) is 11.8 Å². The van der Waals surface area contributed by atoms with E-state index in [1.807, 2.05) is 41.9 Å². The molecule has 1 aromatic heterocycles. The lowest BCUT2D eigenvalue weighted by Gasteiger charge is -2.27. The van der Waals surface area contributed by atoms with Crippen LogP contribution >= 0.6 is 11.8 Å². The summed E-state index contributed by atoms with van der Waals surface area (Å²) in [6.45, 7) is 3.06. The first-order valence-corrected chi connectivity index (χ1v) is 8.17. The highest BCUT2D eigenvalue weighted by atomic mass is 32.2. The van der Waals surface area contributed by atoms with Gasteiger partial charge in [0.2, 0.25) is 5.95 Å². The molecule has 1 aliphatic heterocycles. The fourth-order valence-corrected chi connectivity index (χ4v) is 3.11. The fourth-order valence-electron chi connectivity index (χ4n) is 2.31. The van der Waals surface area contributed by atoms with Crippen LogP contribution in [0, 0.1) is 0 Å². The van der Waals surface area contributed by atoms with Crippen LogP contribution in [0.2, 0.25) is 0 Å². The SMILES string of the molecule is Cn1c(SCC(=O)c2ccccc2)nnc1N1CCOCC1. The Morgan fingerprint density at radius 2 is 1.95 bits per heavy atom. The van der Waals surface area contributed by atoms with Gasteiger partial charge in [-0.05, 0) is 0 Å². The van der Waals surface area contributed by atoms with Gasteiger partial charge in [-0.2, -0.15) is 0 Å². The lowest BCUT2D eigenvalue weighted by Crippen LogP contribution is -2.37. The number of hydrogen-bond donors (Lipinski definition) is 0. The first kappa shape index (κ1) is 15.1. The Hall–Kier alpha value is -1.86. The molecule has 2 heterocycles. The number of benzene rings is 1. The largest absolute Gasteiger partial charge is 0.378 e. The van der Waals surface area contributed by atoms with Crippen molar-refractivity contribution in [2.24, 2.45) is 7.05 Å². The minimum atomic E-state index is 0.0986. The maximum Gasteiger partial charge on any atom is 0.227 e. The maximum atomic E-state index is 12.1. The Balaban J connectivity index is 1.63. The second-order valence-corrected chi connectivity index (χ2v) is 5.96. The topological polar surface area (TPSA) is 60.2 Å². The molecule has 0 unspecified atom stereocenters. The van der Waals surface area contributed by atoms with Crippen LogP contribution in [-0.4, -0.2) is 52.6 Å². The van der Waals surface area contributed by atoms with Crippen molar-refractivity contribution in [3.63, 3.8) is 0 Å². The van der Waals surface area contributed by atoms with Crippen molar-refractivity contribution in [2.45, 2.75) is 5.16 Å². The minimum absolute atomic E-state index is 0.0986. The first-order valence-electron chi connectivity index (χ1n) is 7.19. The number of hydrogen-bond acceptors (Lipinski definition) is 6. The smallest absolute Gasteiger partial charge is 0.227 e. The molecule has 2 aromatic rings. The van der Waals surface area contributed by atoms with E-state index in [0.29, 0.717) is 19.0 Å². The first-order chi connectivity index (χ1) is 10.8. The molecular weight excluding hydrogens is 300 g/mol. The number of anilines is 1. The van der Waals surface area contributed by atoms with E-state index >= 15 is 0 Å². The van der Waals surface area contributed by atoms with E-state index in [-0.39, 0.29) is 5.78 Å². The van der Waals surface area contributed by atoms with Gasteiger partial charge in [-0.3, -0.25) is 9.36 Å². The van der Waals surface area contributed by atoms with Crippen LogP contribution in [0.4, 0.5) is 5.95 Å². The number of carbonyl (C=O) groups excluding carboxylic acids is 1. The fraction of sp³-hybridized carbons (Fsp3) is 0.400. The number of morpholine rings is 1. The third-order valence-electron chi connectivity index (χ3n) is 3.53. The van der Waals surface area contributed by atoms with E-state index in [9.17, 15) is 4.79 Å². The summed E-state index contributed by atoms with van der Waals surface area (Å²) in [5.41, 5.74) is 0.727. The van der Waals surface area contributed by atoms with Crippen molar-refractivity contribution < 1.29 is 9.53 Å². The average Bonchev–Trinajstić information content (AvgIpc) is 2.95. The molecule has 7 heteroatoms. The zero-order valence-corrected chi connectivity index (χ0v) is 13.3. The molecule has 1 saturated heterocycles. The molecular formula is C15H18N4O2S. The van der Waals surface area contributed by atoms with Gasteiger partial charge in [0.1, 0.15) is 0 Å². The van der Waals surface area contributed by atoms with E-state index in [1.54, 1.807) is 0 Å². The van der Waals surface area contributed by atoms with Crippen molar-refractivity contribution in [1.82, 2.24) is 14.8 Å². The van der Waals surface area contributed by atoms with Gasteiger partial charge in [0.05, 0.1) is 19.0 Å². The van der Waals surface area contributed by atoms with Gasteiger partial charge < -0.3 is 9.64 Å². The van der Waals surface area contributed by atoms with E-state index in [0.717, 1.165) is 29.8 Å². The summed E-state index contributed by atoms with van der Waals surface area (Å²) in [6.07, 6.45) is 0. The number of ketones is 1. The molecule has 1 fully saturated rings. The molecule has 0 aliphatic carbocycles. The van der Waals surface area contributed by atoms with Crippen LogP contribution in [0.1, 0.15) is 10.4 Å². The highest BCUT2D eigenvalue weighted by Gasteiger charge is 2.19. The molecule has 0 N–H and O–H groups in total. The average molecular weight is 318 g/mol. The van der Waals surface area contributed by atoms with E-state index in [4.69, 9.17) is 4.74 Å². The van der Waals surface area contributed by atoms with Gasteiger partial charge in [0.25, 0.3) is 0 Å². The lowest BCUT2D eigenvalue weighted by atomic mass is 10.2. The lowest BCUT2D eigenvalue weighted by molar-refractivity contribution is 0.102. The Labute approximate surface area is 133 Å². The third kappa shape index (κ3) is 3.31. The number of Topliss-reactive ketones (excluding diaryl/α,β-unsaturated/α-hetero) is 1. The molecule has 116 valence electrons. The molecule has 0 saturated carbocycles. The summed E-state index contributed by atoms with van der Waals surface area (Å²) in [4.78, 5) is 14.3. The number of aromatic nitrogens is 3. The van der Waals surface area contributed by atoms with Crippen molar-refractivity contribution in [3.05, 3.63) is 35.9 Å². The Morgan fingerprint density at radius 1 is 1.23 bits per heavy atom. The summed E-state index contributed by atoms with van der Waals surface area (Å²) in [6, 6.07) is 9.31. The van der Waals surface area contributed by atoms with Crippen LogP contribution < -0.4 is 4.90 Å². The Bertz CT molecular complexity index is 638. The van der Waals surface area contributed by atoms with Gasteiger partial charge in [0, 0.05) is 25.7 Å². The van der Waals surface area contributed by atoms with Crippen molar-refractivity contribution in [3.8, 4) is 0 Å². The second kappa shape index (κ2) is 6.93. The second-order valence-electron chi connectivity index (χ2n) is 5.02. The quantitative estimate of drug-likeness (QED) is 0.617. The monoisotopic (exact) mass is 318 g/mol. The molecule has 1 aromatic carbocycles. The van der Waals surface area contributed by atoms with Crippen molar-refractivity contribution in [1.29, 1.82) is 0 Å². The van der Waals surface area contributed by atoms with E-state index < -0.39 is 0 Å². The predicted octanol–water partition coefficient (Wildman–Crippen LogP) is 1.63. The van der Waals surface area contributed by atoms with Crippen LogP contribution in [0.25, 0.3) is 0 Å². The summed E-state index contributed by atoms with van der Waals surface area (Å²) >= 11 is 1.42. The molecule has 1 aliphatic rings. The highest BCUT2D eigenvalue weighted by molar-refractivity contribution is 7.99. The van der Waals surface area contributed by atoms with Gasteiger partial charge in [-0.25, -0.2) is 0 Å². The maximum absolute atomic E-state index is 12.1. The zero-order valence-electron chi connectivity index (χ0n) is 12.4. The summed E-state index contributed by atoms with van der Waals surface area (Å²) in [7, 11) is 1.93. The third-order valence-corrected chi connectivity index (χ3v) is 4.55. The zero-order chi connectivity index (χ0) is 15.4. The molecule has 6 nitrogen and oxygen atoms in total. The van der Waals surface area contributed by atoms with Crippen molar-refractivity contribution >= 4 is 23.5 Å². The van der Waals surface area contributed by atoms with Gasteiger partial charge in [-0.1, -0.05) is 42.1 Å². The van der Waals surface area contributed by atoms with E-state index in [2.05, 4.69) is 15.1 Å². The van der Waals surface area contributed by atoms with Crippen LogP contribution in [0.15, 0.2) is 35.5 Å². The summed E-state index contributed by atoms with van der Waals surface area (Å²) in [5.74, 6) is 1.29. The summed E-state index contributed by atoms with van der Waals surface area (Å²) in [5, 5.41) is 9.19. The molecule has 0 atom stereocenters. The molecule has 0 spiro atoms. The van der Waals surface area contributed by atoms with Crippen LogP contribution in [0.3, 0.4) is 0 Å². The minimum Gasteiger partial charge on any atom is -0.378 e. The highest BCUT2D eigenvalue weighted by Crippen LogP contribution is 2.21. The van der Waals surface area contributed by atoms with Crippen LogP contribution in [0.5, 0.6) is 0 Å². The van der Waals surface area contributed by atoms with Crippen molar-refractivity contribution in [2.75, 3.05) is 37.0 Å². The summed E-state index contributed by atoms with van der Waals surface area (Å²) < 4.78 is 7.29. The number of ether oxygens (including phenoxy) is 1. The molecule has 3 rings (SSSR count). The van der Waals surface area contributed by atoms with Gasteiger partial charge in [0.15, 0.2) is 10.9 Å². The molecule has 0 radical (unpaired) electrons. The predicted molar refractivity (Wildman–Crippen MR) is 85.5 cm³/mol. The Morgan fingerprint density at radius 3 is 2.68 bits per heavy atom. The standard InChI is InChI=1S/C15H18N4O2S/c1-18-14(19-7-9-21-10-8-19)16-17-15(18)22-11-13(20)12-5-3-2-4-6-12/h2-6H,7-11H2,1H3. The molecule has 0 bridgehead atoms. The Kier molecular flexibility index (Phi) is 4.74. The van der Waals surface area contributed by atoms with E-state index in [1.165, 1.54) is 11.8 Å². The van der Waals surface area contributed by atoms with Gasteiger partial charge in [-0.15, -0.1) is 10.2 Å². The molecule has 0 amide bonds.